The fourth-order valence-electron chi connectivity index (χ4n) is 11.6. The van der Waals surface area contributed by atoms with Crippen molar-refractivity contribution >= 4 is 39.5 Å². The van der Waals surface area contributed by atoms with Crippen LogP contribution in [0, 0.1) is 23.7 Å². The van der Waals surface area contributed by atoms with Gasteiger partial charge in [0.15, 0.2) is 12.2 Å². The summed E-state index contributed by atoms with van der Waals surface area (Å²) < 4.78 is 68.5. The Morgan fingerprint density at radius 2 is 0.442 bits per heavy atom. The molecule has 0 fully saturated rings. The molecule has 0 spiro atoms. The molecule has 0 aliphatic carbocycles. The molecule has 0 aromatic carbocycles. The minimum absolute atomic E-state index is 0.101. The lowest BCUT2D eigenvalue weighted by Gasteiger charge is -2.21. The van der Waals surface area contributed by atoms with Crippen molar-refractivity contribution in [2.75, 3.05) is 39.6 Å². The molecule has 0 saturated carbocycles. The molecule has 564 valence electrons. The zero-order valence-electron chi connectivity index (χ0n) is 62.3. The number of ether oxygens (including phenoxy) is 4. The Kier molecular flexibility index (Phi) is 64.0. The molecular formula is C76H148O17P2. The second-order valence-electron chi connectivity index (χ2n) is 29.3. The van der Waals surface area contributed by atoms with Gasteiger partial charge in [-0.3, -0.25) is 37.3 Å². The Morgan fingerprint density at radius 1 is 0.263 bits per heavy atom. The number of unbranched alkanes of at least 4 members (excludes halogenated alkanes) is 39. The maximum Gasteiger partial charge on any atom is 0.472 e. The maximum atomic E-state index is 13.1. The number of hydrogen-bond donors (Lipinski definition) is 3. The van der Waals surface area contributed by atoms with Crippen LogP contribution in [0.1, 0.15) is 383 Å². The molecule has 0 rings (SSSR count). The van der Waals surface area contributed by atoms with Crippen molar-refractivity contribution in [3.05, 3.63) is 0 Å². The molecule has 17 nitrogen and oxygen atoms in total. The Morgan fingerprint density at radius 3 is 0.653 bits per heavy atom. The zero-order chi connectivity index (χ0) is 70.3. The van der Waals surface area contributed by atoms with Gasteiger partial charge in [0, 0.05) is 25.7 Å². The molecule has 0 aromatic heterocycles. The third-order valence-electron chi connectivity index (χ3n) is 17.6. The molecule has 0 amide bonds. The Bertz CT molecular complexity index is 1870. The highest BCUT2D eigenvalue weighted by molar-refractivity contribution is 7.47. The molecule has 3 unspecified atom stereocenters. The van der Waals surface area contributed by atoms with Gasteiger partial charge >= 0.3 is 39.5 Å². The highest BCUT2D eigenvalue weighted by atomic mass is 31.2. The lowest BCUT2D eigenvalue weighted by molar-refractivity contribution is -0.161. The van der Waals surface area contributed by atoms with E-state index < -0.39 is 97.5 Å². The Labute approximate surface area is 581 Å². The van der Waals surface area contributed by atoms with Crippen LogP contribution in [-0.4, -0.2) is 96.7 Å². The van der Waals surface area contributed by atoms with Crippen LogP contribution in [-0.2, 0) is 65.4 Å². The number of esters is 4. The van der Waals surface area contributed by atoms with Crippen molar-refractivity contribution in [3.63, 3.8) is 0 Å². The first-order chi connectivity index (χ1) is 45.6. The molecule has 0 radical (unpaired) electrons. The summed E-state index contributed by atoms with van der Waals surface area (Å²) in [5, 5.41) is 10.6. The summed E-state index contributed by atoms with van der Waals surface area (Å²) in [7, 11) is -9.91. The number of carbonyl (C=O) groups excluding carboxylic acids is 4. The largest absolute Gasteiger partial charge is 0.472 e. The summed E-state index contributed by atoms with van der Waals surface area (Å²) in [6, 6.07) is 0. The zero-order valence-corrected chi connectivity index (χ0v) is 64.1. The molecule has 3 N–H and O–H groups in total. The lowest BCUT2D eigenvalue weighted by Crippen LogP contribution is -2.30. The van der Waals surface area contributed by atoms with Gasteiger partial charge in [-0.25, -0.2) is 9.13 Å². The normalized spacial score (nSPS) is 14.1. The van der Waals surface area contributed by atoms with Crippen molar-refractivity contribution in [3.8, 4) is 0 Å². The lowest BCUT2D eigenvalue weighted by atomic mass is 10.0. The standard InChI is InChI=1S/C76H148O17P2/c1-66(2)52-44-36-28-22-18-14-10-9-11-16-20-24-31-40-48-56-73(78)86-62-71(92-75(80)58-50-42-33-25-21-17-13-12-15-19-23-29-37-45-53-67(3)4)64-90-94(82,83)88-60-70(77)61-89-95(84,85)91-65-72(93-76(81)59-51-43-35-34-39-47-55-69(7)8)63-87-74(79)57-49-41-32-27-26-30-38-46-54-68(5)6/h66-72,77H,9-65H2,1-8H3,(H,82,83)(H,84,85)/t70?,71-,72-/m1/s1. The van der Waals surface area contributed by atoms with Gasteiger partial charge in [-0.05, 0) is 49.4 Å². The smallest absolute Gasteiger partial charge is 0.462 e. The van der Waals surface area contributed by atoms with Gasteiger partial charge in [0.25, 0.3) is 0 Å². The van der Waals surface area contributed by atoms with Gasteiger partial charge < -0.3 is 33.8 Å². The number of carbonyl (C=O) groups is 4. The quantitative estimate of drug-likeness (QED) is 0.0222. The molecular weight excluding hydrogens is 1250 g/mol. The fourth-order valence-corrected chi connectivity index (χ4v) is 13.1. The molecule has 0 aromatic rings. The van der Waals surface area contributed by atoms with Crippen LogP contribution in [0.25, 0.3) is 0 Å². The monoisotopic (exact) mass is 1400 g/mol. The number of aliphatic hydroxyl groups is 1. The number of phosphoric acid groups is 2. The van der Waals surface area contributed by atoms with E-state index in [1.807, 2.05) is 0 Å². The van der Waals surface area contributed by atoms with E-state index in [0.717, 1.165) is 108 Å². The van der Waals surface area contributed by atoms with Gasteiger partial charge in [-0.15, -0.1) is 0 Å². The summed E-state index contributed by atoms with van der Waals surface area (Å²) in [6.45, 7) is 14.1. The summed E-state index contributed by atoms with van der Waals surface area (Å²) in [4.78, 5) is 72.7. The van der Waals surface area contributed by atoms with E-state index in [1.165, 1.54) is 186 Å². The molecule has 0 aliphatic heterocycles. The van der Waals surface area contributed by atoms with E-state index in [4.69, 9.17) is 37.0 Å². The maximum absolute atomic E-state index is 13.1. The highest BCUT2D eigenvalue weighted by Crippen LogP contribution is 2.45. The van der Waals surface area contributed by atoms with E-state index in [9.17, 15) is 43.2 Å². The number of hydrogen-bond acceptors (Lipinski definition) is 15. The predicted molar refractivity (Wildman–Crippen MR) is 386 cm³/mol. The summed E-state index contributed by atoms with van der Waals surface area (Å²) in [5.41, 5.74) is 0. The Balaban J connectivity index is 5.21. The van der Waals surface area contributed by atoms with Crippen molar-refractivity contribution in [2.24, 2.45) is 23.7 Å². The molecule has 0 aliphatic rings. The second kappa shape index (κ2) is 65.4. The SMILES string of the molecule is CC(C)CCCCCCCCCCCCCCCCCC(=O)OC[C@H](COP(=O)(O)OCC(O)COP(=O)(O)OC[C@@H](COC(=O)CCCCCCCCCCC(C)C)OC(=O)CCCCCCCCC(C)C)OC(=O)CCCCCCCCCCCCCCCCC(C)C. The van der Waals surface area contributed by atoms with Crippen LogP contribution in [0.5, 0.6) is 0 Å². The van der Waals surface area contributed by atoms with Gasteiger partial charge in [0.2, 0.25) is 0 Å². The van der Waals surface area contributed by atoms with Crippen molar-refractivity contribution in [1.82, 2.24) is 0 Å². The molecule has 19 heteroatoms. The second-order valence-corrected chi connectivity index (χ2v) is 32.2. The van der Waals surface area contributed by atoms with Gasteiger partial charge in [0.1, 0.15) is 19.3 Å². The Hall–Kier alpha value is -1.94. The van der Waals surface area contributed by atoms with Crippen LogP contribution in [0.4, 0.5) is 0 Å². The molecule has 95 heavy (non-hydrogen) atoms. The van der Waals surface area contributed by atoms with Gasteiger partial charge in [-0.2, -0.15) is 0 Å². The third-order valence-corrected chi connectivity index (χ3v) is 19.5. The summed E-state index contributed by atoms with van der Waals surface area (Å²) in [6.07, 6.45) is 50.2. The summed E-state index contributed by atoms with van der Waals surface area (Å²) >= 11 is 0. The fraction of sp³-hybridized carbons (Fsp3) is 0.947. The minimum Gasteiger partial charge on any atom is -0.462 e. The minimum atomic E-state index is -4.96. The first kappa shape index (κ1) is 93.1. The van der Waals surface area contributed by atoms with Crippen LogP contribution in [0.2, 0.25) is 0 Å². The van der Waals surface area contributed by atoms with E-state index in [-0.39, 0.29) is 25.7 Å². The molecule has 5 atom stereocenters. The van der Waals surface area contributed by atoms with Crippen LogP contribution in [0.3, 0.4) is 0 Å². The van der Waals surface area contributed by atoms with Crippen LogP contribution in [0.15, 0.2) is 0 Å². The highest BCUT2D eigenvalue weighted by Gasteiger charge is 2.30. The van der Waals surface area contributed by atoms with E-state index in [0.29, 0.717) is 31.6 Å². The number of rotatable bonds is 73. The number of phosphoric ester groups is 2. The van der Waals surface area contributed by atoms with Crippen molar-refractivity contribution in [1.29, 1.82) is 0 Å². The average Bonchev–Trinajstić information content (AvgIpc) is 1.36. The van der Waals surface area contributed by atoms with Crippen LogP contribution < -0.4 is 0 Å². The average molecular weight is 1400 g/mol. The first-order valence-electron chi connectivity index (χ1n) is 39.2. The number of aliphatic hydroxyl groups excluding tert-OH is 1. The molecule has 0 bridgehead atoms. The third kappa shape index (κ3) is 70.3. The van der Waals surface area contributed by atoms with Crippen molar-refractivity contribution < 1.29 is 80.2 Å². The van der Waals surface area contributed by atoms with E-state index in [1.54, 1.807) is 0 Å². The van der Waals surface area contributed by atoms with E-state index in [2.05, 4.69) is 55.4 Å². The van der Waals surface area contributed by atoms with Crippen LogP contribution >= 0.6 is 15.6 Å². The topological polar surface area (TPSA) is 237 Å². The van der Waals surface area contributed by atoms with Gasteiger partial charge in [0.05, 0.1) is 26.4 Å². The van der Waals surface area contributed by atoms with E-state index >= 15 is 0 Å². The summed E-state index contributed by atoms with van der Waals surface area (Å²) in [5.74, 6) is 0.872. The molecule has 0 saturated heterocycles. The predicted octanol–water partition coefficient (Wildman–Crippen LogP) is 22.0. The molecule has 0 heterocycles. The first-order valence-corrected chi connectivity index (χ1v) is 42.2. The van der Waals surface area contributed by atoms with Gasteiger partial charge in [-0.1, -0.05) is 331 Å². The van der Waals surface area contributed by atoms with Crippen molar-refractivity contribution in [2.45, 2.75) is 401 Å².